The van der Waals surface area contributed by atoms with Gasteiger partial charge < -0.3 is 20.7 Å². The molecule has 2 amide bonds. The molecule has 36 heavy (non-hydrogen) atoms. The number of nitrogens with one attached hydrogen (secondary N) is 1. The number of morpholine rings is 1. The molecule has 4 heterocycles. The molecule has 2 aromatic heterocycles. The van der Waals surface area contributed by atoms with Crippen LogP contribution in [0.15, 0.2) is 35.9 Å². The lowest BCUT2D eigenvalue weighted by molar-refractivity contribution is 0.0346. The van der Waals surface area contributed by atoms with Crippen molar-refractivity contribution in [3.63, 3.8) is 0 Å². The van der Waals surface area contributed by atoms with E-state index in [1.165, 1.54) is 39.3 Å². The standard InChI is InChI=1S/C28H35N5O2S/c29-27-24(26-8-5-21(36-26)18-32-13-15-35-16-14-32)17-23-22(6-7-25(23)31-27)19-9-11-33(12-10-19)28(34)30-20-3-1-2-4-20/h5-6,8-9,17,20H,1-4,7,10-16,18H2,(H2,29,31)(H,30,34). The second-order valence-electron chi connectivity index (χ2n) is 10.2. The predicted octanol–water partition coefficient (Wildman–Crippen LogP) is 4.45. The number of carbonyl (C=O) groups excluding carboxylic acids is 1. The molecule has 0 atom stereocenters. The van der Waals surface area contributed by atoms with E-state index in [0.29, 0.717) is 18.4 Å². The third-order valence-corrected chi connectivity index (χ3v) is 8.96. The van der Waals surface area contributed by atoms with Crippen LogP contribution in [0.3, 0.4) is 0 Å². The number of hydrogen-bond donors (Lipinski definition) is 2. The number of nitrogens with zero attached hydrogens (tertiary/aromatic N) is 3. The molecule has 190 valence electrons. The summed E-state index contributed by atoms with van der Waals surface area (Å²) in [7, 11) is 0. The van der Waals surface area contributed by atoms with Crippen molar-refractivity contribution in [3.8, 4) is 10.4 Å². The number of fused-ring (bicyclic) bond motifs is 1. The lowest BCUT2D eigenvalue weighted by Gasteiger charge is -2.28. The van der Waals surface area contributed by atoms with Gasteiger partial charge in [-0.1, -0.05) is 25.0 Å². The zero-order valence-corrected chi connectivity index (χ0v) is 21.6. The van der Waals surface area contributed by atoms with Crippen LogP contribution in [0.5, 0.6) is 0 Å². The fourth-order valence-electron chi connectivity index (χ4n) is 5.79. The number of aromatic nitrogens is 1. The van der Waals surface area contributed by atoms with Gasteiger partial charge in [0.05, 0.1) is 18.9 Å². The quantitative estimate of drug-likeness (QED) is 0.627. The number of nitrogen functional groups attached to an aromatic ring is 1. The number of rotatable bonds is 5. The Morgan fingerprint density at radius 2 is 1.97 bits per heavy atom. The normalized spacial score (nSPS) is 20.8. The maximum absolute atomic E-state index is 12.7. The van der Waals surface area contributed by atoms with Gasteiger partial charge in [0.15, 0.2) is 0 Å². The monoisotopic (exact) mass is 505 g/mol. The Bertz CT molecular complexity index is 1190. The molecule has 4 aliphatic rings. The summed E-state index contributed by atoms with van der Waals surface area (Å²) >= 11 is 1.80. The zero-order valence-electron chi connectivity index (χ0n) is 20.8. The van der Waals surface area contributed by atoms with Gasteiger partial charge in [-0.15, -0.1) is 11.3 Å². The number of pyridine rings is 1. The highest BCUT2D eigenvalue weighted by atomic mass is 32.1. The summed E-state index contributed by atoms with van der Waals surface area (Å²) in [6, 6.07) is 7.07. The molecule has 1 saturated carbocycles. The van der Waals surface area contributed by atoms with Gasteiger partial charge in [-0.3, -0.25) is 4.90 Å². The van der Waals surface area contributed by atoms with Crippen LogP contribution in [0.4, 0.5) is 10.6 Å². The number of thiophene rings is 1. The molecule has 0 radical (unpaired) electrons. The van der Waals surface area contributed by atoms with E-state index in [2.05, 4.69) is 40.6 Å². The van der Waals surface area contributed by atoms with E-state index in [1.54, 1.807) is 11.3 Å². The largest absolute Gasteiger partial charge is 0.383 e. The minimum absolute atomic E-state index is 0.0836. The van der Waals surface area contributed by atoms with Gasteiger partial charge in [0.1, 0.15) is 5.82 Å². The lowest BCUT2D eigenvalue weighted by atomic mass is 9.94. The predicted molar refractivity (Wildman–Crippen MR) is 145 cm³/mol. The summed E-state index contributed by atoms with van der Waals surface area (Å²) < 4.78 is 5.48. The van der Waals surface area contributed by atoms with E-state index in [0.717, 1.165) is 76.3 Å². The molecule has 7 nitrogen and oxygen atoms in total. The first-order valence-electron chi connectivity index (χ1n) is 13.3. The number of ether oxygens (including phenoxy) is 1. The second-order valence-corrected chi connectivity index (χ2v) is 11.4. The Balaban J connectivity index is 1.16. The molecule has 0 unspecified atom stereocenters. The average Bonchev–Trinajstić information content (AvgIpc) is 3.66. The Hall–Kier alpha value is -2.68. The summed E-state index contributed by atoms with van der Waals surface area (Å²) in [6.45, 7) is 5.96. The Morgan fingerprint density at radius 3 is 2.75 bits per heavy atom. The SMILES string of the molecule is Nc1nc2c(cc1-c1ccc(CN3CCOCC3)s1)C(C1=CCN(C(=O)NC3CCCC3)CC1)=CC2. The minimum atomic E-state index is 0.0836. The van der Waals surface area contributed by atoms with Gasteiger partial charge in [0, 0.05) is 66.1 Å². The van der Waals surface area contributed by atoms with Crippen molar-refractivity contribution in [2.45, 2.75) is 51.1 Å². The number of hydrogen-bond acceptors (Lipinski definition) is 6. The van der Waals surface area contributed by atoms with Crippen molar-refractivity contribution in [2.24, 2.45) is 0 Å². The summed E-state index contributed by atoms with van der Waals surface area (Å²) in [5.74, 6) is 0.607. The zero-order chi connectivity index (χ0) is 24.5. The van der Waals surface area contributed by atoms with Crippen LogP contribution in [-0.4, -0.2) is 66.2 Å². The minimum Gasteiger partial charge on any atom is -0.383 e. The van der Waals surface area contributed by atoms with Crippen LogP contribution >= 0.6 is 11.3 Å². The molecule has 0 bridgehead atoms. The molecule has 6 rings (SSSR count). The first-order chi connectivity index (χ1) is 17.6. The summed E-state index contributed by atoms with van der Waals surface area (Å²) in [5.41, 5.74) is 12.3. The first-order valence-corrected chi connectivity index (χ1v) is 14.1. The number of amides is 2. The smallest absolute Gasteiger partial charge is 0.317 e. The summed E-state index contributed by atoms with van der Waals surface area (Å²) in [6.07, 6.45) is 10.9. The number of carbonyl (C=O) groups is 1. The van der Waals surface area contributed by atoms with Crippen molar-refractivity contribution in [1.82, 2.24) is 20.1 Å². The van der Waals surface area contributed by atoms with Crippen LogP contribution in [0.2, 0.25) is 0 Å². The molecule has 8 heteroatoms. The van der Waals surface area contributed by atoms with Crippen molar-refractivity contribution in [3.05, 3.63) is 52.1 Å². The maximum atomic E-state index is 12.7. The first kappa shape index (κ1) is 23.7. The van der Waals surface area contributed by atoms with Gasteiger partial charge >= 0.3 is 6.03 Å². The topological polar surface area (TPSA) is 83.7 Å². The molecule has 2 fully saturated rings. The molecular weight excluding hydrogens is 470 g/mol. The van der Waals surface area contributed by atoms with Crippen molar-refractivity contribution in [2.75, 3.05) is 45.1 Å². The molecule has 2 aromatic rings. The number of allylic oxidation sites excluding steroid dienone is 2. The molecule has 3 N–H and O–H groups in total. The third kappa shape index (κ3) is 4.94. The Labute approximate surface area is 217 Å². The highest BCUT2D eigenvalue weighted by molar-refractivity contribution is 7.15. The van der Waals surface area contributed by atoms with E-state index < -0.39 is 0 Å². The van der Waals surface area contributed by atoms with Crippen LogP contribution < -0.4 is 11.1 Å². The highest BCUT2D eigenvalue weighted by Gasteiger charge is 2.26. The molecule has 2 aliphatic heterocycles. The van der Waals surface area contributed by atoms with Crippen LogP contribution in [0.1, 0.15) is 48.2 Å². The second kappa shape index (κ2) is 10.4. The van der Waals surface area contributed by atoms with E-state index in [1.807, 2.05) is 4.90 Å². The maximum Gasteiger partial charge on any atom is 0.317 e. The third-order valence-electron chi connectivity index (χ3n) is 7.86. The summed E-state index contributed by atoms with van der Waals surface area (Å²) in [5, 5.41) is 3.22. The Morgan fingerprint density at radius 1 is 1.14 bits per heavy atom. The fourth-order valence-corrected chi connectivity index (χ4v) is 6.86. The van der Waals surface area contributed by atoms with Crippen LogP contribution in [-0.2, 0) is 17.7 Å². The number of anilines is 1. The van der Waals surface area contributed by atoms with Gasteiger partial charge in [0.2, 0.25) is 0 Å². The van der Waals surface area contributed by atoms with Gasteiger partial charge in [0.25, 0.3) is 0 Å². The van der Waals surface area contributed by atoms with Gasteiger partial charge in [-0.05, 0) is 48.6 Å². The van der Waals surface area contributed by atoms with Gasteiger partial charge in [-0.25, -0.2) is 9.78 Å². The van der Waals surface area contributed by atoms with Crippen molar-refractivity contribution >= 4 is 28.8 Å². The van der Waals surface area contributed by atoms with Crippen LogP contribution in [0, 0.1) is 0 Å². The fraction of sp³-hybridized carbons (Fsp3) is 0.500. The Kier molecular flexibility index (Phi) is 6.82. The van der Waals surface area contributed by atoms with Crippen molar-refractivity contribution < 1.29 is 9.53 Å². The molecule has 1 saturated heterocycles. The van der Waals surface area contributed by atoms with Crippen LogP contribution in [0.25, 0.3) is 16.0 Å². The average molecular weight is 506 g/mol. The molecule has 0 spiro atoms. The van der Waals surface area contributed by atoms with E-state index in [9.17, 15) is 4.79 Å². The number of urea groups is 1. The van der Waals surface area contributed by atoms with Crippen molar-refractivity contribution in [1.29, 1.82) is 0 Å². The van der Waals surface area contributed by atoms with E-state index in [4.69, 9.17) is 15.5 Å². The molecular formula is C28H35N5O2S. The lowest BCUT2D eigenvalue weighted by Crippen LogP contribution is -2.45. The number of nitrogens with two attached hydrogens (primary N) is 1. The van der Waals surface area contributed by atoms with E-state index in [-0.39, 0.29) is 6.03 Å². The van der Waals surface area contributed by atoms with Gasteiger partial charge in [-0.2, -0.15) is 0 Å². The molecule has 2 aliphatic carbocycles. The molecule has 0 aromatic carbocycles. The van der Waals surface area contributed by atoms with E-state index >= 15 is 0 Å². The summed E-state index contributed by atoms with van der Waals surface area (Å²) in [4.78, 5) is 24.4. The highest BCUT2D eigenvalue weighted by Crippen LogP contribution is 2.40.